The van der Waals surface area contributed by atoms with Gasteiger partial charge in [-0.15, -0.1) is 0 Å². The molecule has 0 aromatic heterocycles. The molecule has 0 fully saturated rings. The molecule has 6 nitrogen and oxygen atoms in total. The largest absolute Gasteiger partial charge is 0.489 e. The monoisotopic (exact) mass is 390 g/mol. The van der Waals surface area contributed by atoms with Crippen LogP contribution < -0.4 is 4.74 Å². The predicted molar refractivity (Wildman–Crippen MR) is 82.8 cm³/mol. The molecule has 1 aliphatic rings. The average Bonchev–Trinajstić information content (AvgIpc) is 2.90. The maximum Gasteiger partial charge on any atom is 0.379 e. The maximum absolute atomic E-state index is 12.0. The van der Waals surface area contributed by atoms with Crippen LogP contribution in [-0.2, 0) is 25.9 Å². The minimum atomic E-state index is -4.20. The minimum absolute atomic E-state index is 0.116. The first-order valence-corrected chi connectivity index (χ1v) is 8.50. The molecular formula is C16H13F3O6S. The average molecular weight is 390 g/mol. The Hall–Kier alpha value is -2.59. The summed E-state index contributed by atoms with van der Waals surface area (Å²) >= 11 is 0. The van der Waals surface area contributed by atoms with Crippen molar-refractivity contribution in [2.45, 2.75) is 25.1 Å². The molecule has 2 bridgehead atoms. The molecule has 26 heavy (non-hydrogen) atoms. The SMILES string of the molecule is Cc1ccccc1C(=O)OOS(=O)(=O)c1cc2cc(c1)OC2.FC(F)F. The maximum atomic E-state index is 12.0. The first kappa shape index (κ1) is 19.7. The topological polar surface area (TPSA) is 78.9 Å². The summed E-state index contributed by atoms with van der Waals surface area (Å²) in [7, 11) is -4.20. The highest BCUT2D eigenvalue weighted by atomic mass is 32.2. The van der Waals surface area contributed by atoms with Crippen molar-refractivity contribution in [2.75, 3.05) is 0 Å². The third-order valence-corrected chi connectivity index (χ3v) is 4.26. The molecule has 0 amide bonds. The summed E-state index contributed by atoms with van der Waals surface area (Å²) in [5.41, 5.74) is 1.61. The van der Waals surface area contributed by atoms with Gasteiger partial charge in [0.2, 0.25) is 0 Å². The van der Waals surface area contributed by atoms with Gasteiger partial charge in [-0.3, -0.25) is 4.89 Å². The van der Waals surface area contributed by atoms with Gasteiger partial charge in [0.1, 0.15) is 17.3 Å². The Kier molecular flexibility index (Phi) is 6.22. The lowest BCUT2D eigenvalue weighted by molar-refractivity contribution is -0.144. The van der Waals surface area contributed by atoms with E-state index in [-0.39, 0.29) is 10.5 Å². The zero-order valence-electron chi connectivity index (χ0n) is 13.3. The van der Waals surface area contributed by atoms with Gasteiger partial charge in [0.15, 0.2) is 0 Å². The molecule has 0 N–H and O–H groups in total. The van der Waals surface area contributed by atoms with Crippen LogP contribution in [0.2, 0.25) is 0 Å². The van der Waals surface area contributed by atoms with Crippen LogP contribution in [0.25, 0.3) is 0 Å². The standard InChI is InChI=1S/C15H12O6S.CHF3/c1-10-4-2-3-5-14(10)15(16)20-21-22(17,18)13-7-11-6-12(8-13)19-9-11;2-1(3)4/h2-8H,9H2,1H3;1H. The fraction of sp³-hybridized carbons (Fsp3) is 0.188. The highest BCUT2D eigenvalue weighted by Crippen LogP contribution is 2.28. The third-order valence-electron chi connectivity index (χ3n) is 3.20. The molecule has 0 saturated heterocycles. The van der Waals surface area contributed by atoms with E-state index in [9.17, 15) is 26.4 Å². The van der Waals surface area contributed by atoms with Crippen molar-refractivity contribution in [2.24, 2.45) is 0 Å². The lowest BCUT2D eigenvalue weighted by Crippen LogP contribution is -2.13. The van der Waals surface area contributed by atoms with Gasteiger partial charge in [-0.1, -0.05) is 18.2 Å². The van der Waals surface area contributed by atoms with Gasteiger partial charge < -0.3 is 4.74 Å². The molecule has 0 spiro atoms. The molecule has 0 radical (unpaired) electrons. The zero-order chi connectivity index (χ0) is 19.3. The van der Waals surface area contributed by atoms with Crippen molar-refractivity contribution in [1.29, 1.82) is 0 Å². The Bertz CT molecular complexity index is 874. The van der Waals surface area contributed by atoms with Crippen LogP contribution in [0, 0.1) is 6.92 Å². The fourth-order valence-electron chi connectivity index (χ4n) is 2.07. The summed E-state index contributed by atoms with van der Waals surface area (Å²) in [4.78, 5) is 16.2. The molecule has 1 aliphatic heterocycles. The van der Waals surface area contributed by atoms with Gasteiger partial charge >= 0.3 is 22.8 Å². The number of aryl methyl sites for hydroxylation is 1. The number of rotatable bonds is 4. The number of hydrogen-bond donors (Lipinski definition) is 0. The highest BCUT2D eigenvalue weighted by molar-refractivity contribution is 7.86. The Morgan fingerprint density at radius 2 is 1.81 bits per heavy atom. The van der Waals surface area contributed by atoms with E-state index in [1.54, 1.807) is 31.2 Å². The van der Waals surface area contributed by atoms with Crippen molar-refractivity contribution in [3.05, 3.63) is 59.2 Å². The predicted octanol–water partition coefficient (Wildman–Crippen LogP) is 3.54. The molecular weight excluding hydrogens is 377 g/mol. The molecule has 0 saturated carbocycles. The third kappa shape index (κ3) is 5.20. The van der Waals surface area contributed by atoms with Crippen LogP contribution in [0.3, 0.4) is 0 Å². The van der Waals surface area contributed by atoms with E-state index < -0.39 is 22.8 Å². The molecule has 2 aromatic carbocycles. The summed E-state index contributed by atoms with van der Waals surface area (Å²) in [6.45, 7) is -1.64. The summed E-state index contributed by atoms with van der Waals surface area (Å²) in [6, 6.07) is 11.1. The number of benzene rings is 2. The van der Waals surface area contributed by atoms with Crippen LogP contribution in [0.5, 0.6) is 5.75 Å². The summed E-state index contributed by atoms with van der Waals surface area (Å²) in [6.07, 6.45) is 0. The van der Waals surface area contributed by atoms with E-state index >= 15 is 0 Å². The number of carbonyl (C=O) groups excluding carboxylic acids is 1. The Labute approximate surface area is 147 Å². The van der Waals surface area contributed by atoms with Crippen LogP contribution in [-0.4, -0.2) is 21.1 Å². The molecule has 0 unspecified atom stereocenters. The van der Waals surface area contributed by atoms with E-state index in [1.165, 1.54) is 18.2 Å². The smallest absolute Gasteiger partial charge is 0.379 e. The van der Waals surface area contributed by atoms with Crippen molar-refractivity contribution in [1.82, 2.24) is 0 Å². The number of halogens is 3. The van der Waals surface area contributed by atoms with Crippen molar-refractivity contribution < 1.29 is 40.3 Å². The quantitative estimate of drug-likeness (QED) is 0.587. The lowest BCUT2D eigenvalue weighted by atomic mass is 10.1. The second kappa shape index (κ2) is 8.19. The number of ether oxygens (including phenoxy) is 1. The fourth-order valence-corrected chi connectivity index (χ4v) is 2.86. The van der Waals surface area contributed by atoms with Crippen LogP contribution in [0.1, 0.15) is 21.5 Å². The van der Waals surface area contributed by atoms with E-state index in [2.05, 4.69) is 9.22 Å². The number of hydrogen-bond acceptors (Lipinski definition) is 6. The molecule has 140 valence electrons. The number of fused-ring (bicyclic) bond motifs is 2. The van der Waals surface area contributed by atoms with Gasteiger partial charge in [-0.05, 0) is 40.6 Å². The minimum Gasteiger partial charge on any atom is -0.489 e. The van der Waals surface area contributed by atoms with Gasteiger partial charge in [-0.25, -0.2) is 4.79 Å². The molecule has 0 atom stereocenters. The zero-order valence-corrected chi connectivity index (χ0v) is 14.1. The van der Waals surface area contributed by atoms with E-state index in [4.69, 9.17) is 4.74 Å². The van der Waals surface area contributed by atoms with Crippen molar-refractivity contribution >= 4 is 16.1 Å². The van der Waals surface area contributed by atoms with Gasteiger partial charge in [0.25, 0.3) is 0 Å². The Balaban J connectivity index is 0.000000552. The molecule has 1 heterocycles. The molecule has 0 aliphatic carbocycles. The summed E-state index contributed by atoms with van der Waals surface area (Å²) in [5.74, 6) is -0.436. The summed E-state index contributed by atoms with van der Waals surface area (Å²) in [5, 5.41) is 0. The molecule has 10 heteroatoms. The second-order valence-electron chi connectivity index (χ2n) is 5.06. The lowest BCUT2D eigenvalue weighted by Gasteiger charge is -2.06. The van der Waals surface area contributed by atoms with Gasteiger partial charge in [-0.2, -0.15) is 21.6 Å². The van der Waals surface area contributed by atoms with Crippen LogP contribution in [0.15, 0.2) is 47.4 Å². The van der Waals surface area contributed by atoms with Crippen LogP contribution >= 0.6 is 0 Å². The van der Waals surface area contributed by atoms with Gasteiger partial charge in [0, 0.05) is 6.07 Å². The van der Waals surface area contributed by atoms with E-state index in [0.717, 1.165) is 0 Å². The van der Waals surface area contributed by atoms with Crippen molar-refractivity contribution in [3.8, 4) is 5.75 Å². The Morgan fingerprint density at radius 1 is 1.15 bits per heavy atom. The number of carbonyl (C=O) groups is 1. The van der Waals surface area contributed by atoms with E-state index in [1.807, 2.05) is 0 Å². The number of alkyl halides is 3. The van der Waals surface area contributed by atoms with Crippen LogP contribution in [0.4, 0.5) is 13.2 Å². The molecule has 3 rings (SSSR count). The highest BCUT2D eigenvalue weighted by Gasteiger charge is 2.24. The Morgan fingerprint density at radius 3 is 2.42 bits per heavy atom. The first-order valence-electron chi connectivity index (χ1n) is 7.09. The summed E-state index contributed by atoms with van der Waals surface area (Å²) < 4.78 is 62.7. The second-order valence-corrected chi connectivity index (χ2v) is 6.57. The van der Waals surface area contributed by atoms with Crippen molar-refractivity contribution in [3.63, 3.8) is 0 Å². The normalized spacial score (nSPS) is 12.2. The first-order chi connectivity index (χ1) is 12.2. The van der Waals surface area contributed by atoms with Gasteiger partial charge in [0.05, 0.1) is 5.56 Å². The van der Waals surface area contributed by atoms with E-state index in [0.29, 0.717) is 23.5 Å². The molecule has 2 aromatic rings.